The van der Waals surface area contributed by atoms with Gasteiger partial charge in [0.15, 0.2) is 0 Å². The van der Waals surface area contributed by atoms with Crippen LogP contribution in [0.4, 0.5) is 10.1 Å². The molecular formula is C21H22FN3O3. The second-order valence-electron chi connectivity index (χ2n) is 6.83. The van der Waals surface area contributed by atoms with Gasteiger partial charge in [-0.2, -0.15) is 0 Å². The molecule has 0 unspecified atom stereocenters. The lowest BCUT2D eigenvalue weighted by Gasteiger charge is -2.22. The lowest BCUT2D eigenvalue weighted by Crippen LogP contribution is -2.34. The first-order valence-corrected chi connectivity index (χ1v) is 9.01. The van der Waals surface area contributed by atoms with E-state index < -0.39 is 11.7 Å². The van der Waals surface area contributed by atoms with E-state index in [-0.39, 0.29) is 36.4 Å². The van der Waals surface area contributed by atoms with Crippen LogP contribution in [0.3, 0.4) is 0 Å². The predicted molar refractivity (Wildman–Crippen MR) is 103 cm³/mol. The molecule has 0 bridgehead atoms. The van der Waals surface area contributed by atoms with E-state index in [1.807, 2.05) is 0 Å². The number of nitrogens with zero attached hydrogens (tertiary/aromatic N) is 2. The molecule has 0 saturated carbocycles. The van der Waals surface area contributed by atoms with Crippen molar-refractivity contribution in [2.45, 2.75) is 13.0 Å². The largest absolute Gasteiger partial charge is 0.355 e. The SMILES string of the molecule is CNC(=O)c1ccc(CN(C)C(=O)[C@@H]2CC(=O)N(c3ccccc3F)C2)cc1. The van der Waals surface area contributed by atoms with E-state index in [1.165, 1.54) is 17.0 Å². The fourth-order valence-corrected chi connectivity index (χ4v) is 3.35. The maximum absolute atomic E-state index is 14.0. The van der Waals surface area contributed by atoms with Crippen LogP contribution >= 0.6 is 0 Å². The smallest absolute Gasteiger partial charge is 0.251 e. The van der Waals surface area contributed by atoms with E-state index in [0.717, 1.165) is 5.56 Å². The summed E-state index contributed by atoms with van der Waals surface area (Å²) in [6, 6.07) is 13.0. The highest BCUT2D eigenvalue weighted by Crippen LogP contribution is 2.28. The van der Waals surface area contributed by atoms with Crippen molar-refractivity contribution in [3.05, 3.63) is 65.5 Å². The van der Waals surface area contributed by atoms with Crippen LogP contribution in [0.15, 0.2) is 48.5 Å². The topological polar surface area (TPSA) is 69.7 Å². The minimum absolute atomic E-state index is 0.0626. The van der Waals surface area contributed by atoms with Crippen LogP contribution in [0.25, 0.3) is 0 Å². The van der Waals surface area contributed by atoms with Crippen molar-refractivity contribution < 1.29 is 18.8 Å². The summed E-state index contributed by atoms with van der Waals surface area (Å²) in [6.45, 7) is 0.524. The van der Waals surface area contributed by atoms with Gasteiger partial charge in [-0.05, 0) is 29.8 Å². The van der Waals surface area contributed by atoms with Gasteiger partial charge in [-0.15, -0.1) is 0 Å². The number of benzene rings is 2. The van der Waals surface area contributed by atoms with Gasteiger partial charge in [-0.25, -0.2) is 4.39 Å². The molecule has 28 heavy (non-hydrogen) atoms. The Kier molecular flexibility index (Phi) is 5.73. The minimum Gasteiger partial charge on any atom is -0.355 e. The monoisotopic (exact) mass is 383 g/mol. The van der Waals surface area contributed by atoms with Gasteiger partial charge in [0.2, 0.25) is 11.8 Å². The number of hydrogen-bond donors (Lipinski definition) is 1. The first kappa shape index (κ1) is 19.5. The lowest BCUT2D eigenvalue weighted by molar-refractivity contribution is -0.135. The molecule has 1 heterocycles. The molecule has 1 aliphatic rings. The van der Waals surface area contributed by atoms with Gasteiger partial charge in [0.05, 0.1) is 11.6 Å². The average molecular weight is 383 g/mol. The van der Waals surface area contributed by atoms with E-state index in [9.17, 15) is 18.8 Å². The van der Waals surface area contributed by atoms with Crippen LogP contribution in [0.5, 0.6) is 0 Å². The predicted octanol–water partition coefficient (Wildman–Crippen LogP) is 2.20. The summed E-state index contributed by atoms with van der Waals surface area (Å²) in [6.07, 6.45) is 0.0626. The van der Waals surface area contributed by atoms with Crippen molar-refractivity contribution in [2.24, 2.45) is 5.92 Å². The number of para-hydroxylation sites is 1. The fourth-order valence-electron chi connectivity index (χ4n) is 3.35. The first-order chi connectivity index (χ1) is 13.4. The number of hydrogen-bond acceptors (Lipinski definition) is 3. The van der Waals surface area contributed by atoms with Crippen LogP contribution in [-0.2, 0) is 16.1 Å². The van der Waals surface area contributed by atoms with Gasteiger partial charge in [0, 0.05) is 39.2 Å². The molecular weight excluding hydrogens is 361 g/mol. The second kappa shape index (κ2) is 8.21. The zero-order valence-corrected chi connectivity index (χ0v) is 15.8. The van der Waals surface area contributed by atoms with Crippen LogP contribution in [0.1, 0.15) is 22.3 Å². The Bertz CT molecular complexity index is 898. The number of rotatable bonds is 5. The third kappa shape index (κ3) is 4.03. The van der Waals surface area contributed by atoms with Crippen LogP contribution in [0.2, 0.25) is 0 Å². The molecule has 6 nitrogen and oxygen atoms in total. The molecule has 1 saturated heterocycles. The van der Waals surface area contributed by atoms with Crippen molar-refractivity contribution in [2.75, 3.05) is 25.5 Å². The molecule has 0 aromatic heterocycles. The Balaban J connectivity index is 1.64. The van der Waals surface area contributed by atoms with Gasteiger partial charge in [0.1, 0.15) is 5.82 Å². The summed E-state index contributed by atoms with van der Waals surface area (Å²) >= 11 is 0. The van der Waals surface area contributed by atoms with Crippen molar-refractivity contribution in [1.82, 2.24) is 10.2 Å². The number of halogens is 1. The highest BCUT2D eigenvalue weighted by Gasteiger charge is 2.37. The third-order valence-corrected chi connectivity index (χ3v) is 4.86. The quantitative estimate of drug-likeness (QED) is 0.861. The molecule has 0 spiro atoms. The van der Waals surface area contributed by atoms with Gasteiger partial charge in [0.25, 0.3) is 5.91 Å². The summed E-state index contributed by atoms with van der Waals surface area (Å²) in [5.41, 5.74) is 1.62. The molecule has 7 heteroatoms. The highest BCUT2D eigenvalue weighted by atomic mass is 19.1. The molecule has 1 N–H and O–H groups in total. The van der Waals surface area contributed by atoms with Gasteiger partial charge in [-0.3, -0.25) is 14.4 Å². The molecule has 3 amide bonds. The third-order valence-electron chi connectivity index (χ3n) is 4.86. The Morgan fingerprint density at radius 3 is 2.50 bits per heavy atom. The summed E-state index contributed by atoms with van der Waals surface area (Å²) in [7, 11) is 3.24. The lowest BCUT2D eigenvalue weighted by atomic mass is 10.1. The molecule has 1 fully saturated rings. The van der Waals surface area contributed by atoms with Gasteiger partial charge < -0.3 is 15.1 Å². The van der Waals surface area contributed by atoms with Crippen LogP contribution in [0, 0.1) is 11.7 Å². The number of carbonyl (C=O) groups is 3. The Morgan fingerprint density at radius 1 is 1.18 bits per heavy atom. The Morgan fingerprint density at radius 2 is 1.86 bits per heavy atom. The molecule has 1 aliphatic heterocycles. The Labute approximate surface area is 162 Å². The van der Waals surface area contributed by atoms with Crippen molar-refractivity contribution in [1.29, 1.82) is 0 Å². The Hall–Kier alpha value is -3.22. The summed E-state index contributed by atoms with van der Waals surface area (Å²) < 4.78 is 14.0. The van der Waals surface area contributed by atoms with E-state index >= 15 is 0 Å². The van der Waals surface area contributed by atoms with E-state index in [1.54, 1.807) is 55.4 Å². The molecule has 3 rings (SSSR count). The number of anilines is 1. The summed E-state index contributed by atoms with van der Waals surface area (Å²) in [5.74, 6) is -1.58. The van der Waals surface area contributed by atoms with Crippen LogP contribution in [-0.4, -0.2) is 43.3 Å². The minimum atomic E-state index is -0.512. The van der Waals surface area contributed by atoms with Crippen molar-refractivity contribution in [3.63, 3.8) is 0 Å². The fraction of sp³-hybridized carbons (Fsp3) is 0.286. The van der Waals surface area contributed by atoms with Crippen LogP contribution < -0.4 is 10.2 Å². The molecule has 2 aromatic rings. The van der Waals surface area contributed by atoms with Gasteiger partial charge in [-0.1, -0.05) is 24.3 Å². The molecule has 1 atom stereocenters. The highest BCUT2D eigenvalue weighted by molar-refractivity contribution is 6.00. The van der Waals surface area contributed by atoms with Gasteiger partial charge >= 0.3 is 0 Å². The van der Waals surface area contributed by atoms with Crippen molar-refractivity contribution >= 4 is 23.4 Å². The normalized spacial score (nSPS) is 16.2. The maximum atomic E-state index is 14.0. The van der Waals surface area contributed by atoms with E-state index in [4.69, 9.17) is 0 Å². The maximum Gasteiger partial charge on any atom is 0.251 e. The summed E-state index contributed by atoms with van der Waals surface area (Å²) in [4.78, 5) is 39.6. The zero-order chi connectivity index (χ0) is 20.3. The number of amides is 3. The number of nitrogens with one attached hydrogen (secondary N) is 1. The first-order valence-electron chi connectivity index (χ1n) is 9.01. The second-order valence-corrected chi connectivity index (χ2v) is 6.83. The summed E-state index contributed by atoms with van der Waals surface area (Å²) in [5, 5.41) is 2.56. The van der Waals surface area contributed by atoms with E-state index in [2.05, 4.69) is 5.32 Å². The number of carbonyl (C=O) groups excluding carboxylic acids is 3. The molecule has 0 aliphatic carbocycles. The standard InChI is InChI=1S/C21H22FN3O3/c1-23-20(27)15-9-7-14(8-10-15)12-24(2)21(28)16-11-19(26)25(13-16)18-6-4-3-5-17(18)22/h3-10,16H,11-13H2,1-2H3,(H,23,27)/t16-/m1/s1. The molecule has 146 valence electrons. The van der Waals surface area contributed by atoms with Crippen molar-refractivity contribution in [3.8, 4) is 0 Å². The molecule has 2 aromatic carbocycles. The van der Waals surface area contributed by atoms with E-state index in [0.29, 0.717) is 12.1 Å². The average Bonchev–Trinajstić information content (AvgIpc) is 3.09. The zero-order valence-electron chi connectivity index (χ0n) is 15.8. The molecule has 0 radical (unpaired) electrons.